The van der Waals surface area contributed by atoms with Gasteiger partial charge in [0.25, 0.3) is 0 Å². The minimum absolute atomic E-state index is 0. The van der Waals surface area contributed by atoms with Crippen LogP contribution in [0.15, 0.2) is 40.9 Å². The van der Waals surface area contributed by atoms with Crippen LogP contribution in [-0.2, 0) is 4.79 Å². The van der Waals surface area contributed by atoms with Gasteiger partial charge in [0.05, 0.1) is 6.20 Å². The van der Waals surface area contributed by atoms with Crippen molar-refractivity contribution in [2.75, 3.05) is 0 Å². The van der Waals surface area contributed by atoms with Crippen LogP contribution in [0.4, 0.5) is 0 Å². The molecule has 0 spiro atoms. The molecule has 3 atom stereocenters. The Kier molecular flexibility index (Phi) is 6.40. The third kappa shape index (κ3) is 4.36. The van der Waals surface area contributed by atoms with Crippen molar-refractivity contribution in [3.05, 3.63) is 42.4 Å². The number of nitrogens with zero attached hydrogens (tertiary/aromatic N) is 1. The lowest BCUT2D eigenvalue weighted by Crippen LogP contribution is -2.38. The van der Waals surface area contributed by atoms with Crippen LogP contribution in [0.2, 0.25) is 0 Å². The van der Waals surface area contributed by atoms with Gasteiger partial charge >= 0.3 is 0 Å². The van der Waals surface area contributed by atoms with Crippen LogP contribution < -0.4 is 11.1 Å². The molecule has 0 radical (unpaired) electrons. The van der Waals surface area contributed by atoms with E-state index in [4.69, 9.17) is 10.2 Å². The minimum Gasteiger partial charge on any atom is -0.438 e. The van der Waals surface area contributed by atoms with Gasteiger partial charge in [-0.15, -0.1) is 12.4 Å². The van der Waals surface area contributed by atoms with E-state index in [-0.39, 0.29) is 36.3 Å². The summed E-state index contributed by atoms with van der Waals surface area (Å²) >= 11 is 0. The van der Waals surface area contributed by atoms with Crippen molar-refractivity contribution in [3.63, 3.8) is 0 Å². The zero-order chi connectivity index (χ0) is 16.2. The zero-order valence-electron chi connectivity index (χ0n) is 13.8. The van der Waals surface area contributed by atoms with Crippen LogP contribution in [0.3, 0.4) is 0 Å². The minimum atomic E-state index is -0.252. The van der Waals surface area contributed by atoms with Gasteiger partial charge in [0.1, 0.15) is 6.04 Å². The van der Waals surface area contributed by atoms with Gasteiger partial charge in [0, 0.05) is 17.5 Å². The maximum atomic E-state index is 12.4. The van der Waals surface area contributed by atoms with E-state index in [0.29, 0.717) is 11.7 Å². The van der Waals surface area contributed by atoms with E-state index in [1.807, 2.05) is 37.3 Å². The highest BCUT2D eigenvalue weighted by Gasteiger charge is 2.27. The quantitative estimate of drug-likeness (QED) is 0.885. The summed E-state index contributed by atoms with van der Waals surface area (Å²) in [7, 11) is 0. The predicted octanol–water partition coefficient (Wildman–Crippen LogP) is 3.46. The Morgan fingerprint density at radius 3 is 2.79 bits per heavy atom. The number of amides is 1. The summed E-state index contributed by atoms with van der Waals surface area (Å²) in [6, 6.07) is 9.69. The van der Waals surface area contributed by atoms with Gasteiger partial charge in [0.15, 0.2) is 5.76 Å². The lowest BCUT2D eigenvalue weighted by Gasteiger charge is -2.26. The van der Waals surface area contributed by atoms with Crippen molar-refractivity contribution >= 4 is 18.3 Å². The first kappa shape index (κ1) is 18.5. The smallest absolute Gasteiger partial charge is 0.223 e. The first-order valence-corrected chi connectivity index (χ1v) is 8.20. The number of rotatable bonds is 4. The van der Waals surface area contributed by atoms with Gasteiger partial charge < -0.3 is 15.5 Å². The van der Waals surface area contributed by atoms with E-state index in [2.05, 4.69) is 10.3 Å². The SMILES string of the molecule is CC(NC(=O)C1CCCC(N)C1)c1ncc(-c2ccccc2)o1.Cl. The van der Waals surface area contributed by atoms with E-state index >= 15 is 0 Å². The second-order valence-corrected chi connectivity index (χ2v) is 6.28. The summed E-state index contributed by atoms with van der Waals surface area (Å²) < 4.78 is 5.79. The molecule has 130 valence electrons. The molecule has 3 N–H and O–H groups in total. The third-order valence-corrected chi connectivity index (χ3v) is 4.40. The second-order valence-electron chi connectivity index (χ2n) is 6.28. The predicted molar refractivity (Wildman–Crippen MR) is 95.7 cm³/mol. The normalized spacial score (nSPS) is 21.6. The summed E-state index contributed by atoms with van der Waals surface area (Å²) in [6.45, 7) is 1.89. The highest BCUT2D eigenvalue weighted by Crippen LogP contribution is 2.26. The number of hydrogen-bond acceptors (Lipinski definition) is 4. The van der Waals surface area contributed by atoms with Crippen molar-refractivity contribution in [1.29, 1.82) is 0 Å². The summed E-state index contributed by atoms with van der Waals surface area (Å²) in [5.41, 5.74) is 6.94. The van der Waals surface area contributed by atoms with Crippen molar-refractivity contribution in [2.24, 2.45) is 11.7 Å². The van der Waals surface area contributed by atoms with Gasteiger partial charge in [-0.3, -0.25) is 4.79 Å². The van der Waals surface area contributed by atoms with Crippen LogP contribution in [-0.4, -0.2) is 16.9 Å². The largest absolute Gasteiger partial charge is 0.438 e. The molecule has 1 aliphatic rings. The Labute approximate surface area is 148 Å². The number of nitrogens with one attached hydrogen (secondary N) is 1. The molecular formula is C18H24ClN3O2. The Bertz CT molecular complexity index is 659. The van der Waals surface area contributed by atoms with E-state index < -0.39 is 0 Å². The molecule has 5 nitrogen and oxygen atoms in total. The Morgan fingerprint density at radius 1 is 1.33 bits per heavy atom. The third-order valence-electron chi connectivity index (χ3n) is 4.40. The molecule has 3 unspecified atom stereocenters. The average Bonchev–Trinajstić information content (AvgIpc) is 3.06. The van der Waals surface area contributed by atoms with Crippen LogP contribution in [0.5, 0.6) is 0 Å². The molecule has 1 amide bonds. The molecule has 0 saturated heterocycles. The second kappa shape index (κ2) is 8.31. The summed E-state index contributed by atoms with van der Waals surface area (Å²) in [5.74, 6) is 1.29. The molecule has 1 aliphatic carbocycles. The van der Waals surface area contributed by atoms with E-state index in [1.54, 1.807) is 6.20 Å². The van der Waals surface area contributed by atoms with Gasteiger partial charge in [-0.05, 0) is 26.2 Å². The van der Waals surface area contributed by atoms with Gasteiger partial charge in [-0.25, -0.2) is 4.98 Å². The monoisotopic (exact) mass is 349 g/mol. The van der Waals surface area contributed by atoms with Gasteiger partial charge in [-0.2, -0.15) is 0 Å². The molecule has 1 fully saturated rings. The Morgan fingerprint density at radius 2 is 2.08 bits per heavy atom. The number of nitrogens with two attached hydrogens (primary N) is 1. The fourth-order valence-electron chi connectivity index (χ4n) is 3.08. The molecule has 1 saturated carbocycles. The molecule has 0 bridgehead atoms. The first-order valence-electron chi connectivity index (χ1n) is 8.20. The molecule has 24 heavy (non-hydrogen) atoms. The zero-order valence-corrected chi connectivity index (χ0v) is 14.6. The summed E-state index contributed by atoms with van der Waals surface area (Å²) in [6.07, 6.45) is 5.40. The lowest BCUT2D eigenvalue weighted by atomic mass is 9.85. The van der Waals surface area contributed by atoms with Crippen LogP contribution in [0.1, 0.15) is 44.5 Å². The number of halogens is 1. The average molecular weight is 350 g/mol. The van der Waals surface area contributed by atoms with Gasteiger partial charge in [0.2, 0.25) is 11.8 Å². The molecule has 2 aromatic rings. The molecule has 0 aliphatic heterocycles. The number of carbonyl (C=O) groups is 1. The molecule has 6 heteroatoms. The Hall–Kier alpha value is -1.85. The van der Waals surface area contributed by atoms with Crippen LogP contribution in [0, 0.1) is 5.92 Å². The molecule has 1 aromatic heterocycles. The standard InChI is InChI=1S/C18H23N3O2.ClH/c1-12(21-17(22)14-8-5-9-15(19)10-14)18-20-11-16(23-18)13-6-3-2-4-7-13;/h2-4,6-7,11-12,14-15H,5,8-10,19H2,1H3,(H,21,22);1H. The lowest BCUT2D eigenvalue weighted by molar-refractivity contribution is -0.126. The molecule has 1 aromatic carbocycles. The molecule has 1 heterocycles. The fourth-order valence-corrected chi connectivity index (χ4v) is 3.08. The summed E-state index contributed by atoms with van der Waals surface area (Å²) in [5, 5.41) is 3.00. The number of aromatic nitrogens is 1. The summed E-state index contributed by atoms with van der Waals surface area (Å²) in [4.78, 5) is 16.7. The van der Waals surface area contributed by atoms with Crippen LogP contribution in [0.25, 0.3) is 11.3 Å². The number of oxazole rings is 1. The van der Waals surface area contributed by atoms with E-state index in [9.17, 15) is 4.79 Å². The fraction of sp³-hybridized carbons (Fsp3) is 0.444. The van der Waals surface area contributed by atoms with Crippen molar-refractivity contribution in [3.8, 4) is 11.3 Å². The van der Waals surface area contributed by atoms with Crippen molar-refractivity contribution in [1.82, 2.24) is 10.3 Å². The number of carbonyl (C=O) groups excluding carboxylic acids is 1. The van der Waals surface area contributed by atoms with E-state index in [0.717, 1.165) is 31.2 Å². The Balaban J connectivity index is 0.00000208. The topological polar surface area (TPSA) is 81.2 Å². The number of hydrogen-bond donors (Lipinski definition) is 2. The first-order chi connectivity index (χ1) is 11.1. The molecular weight excluding hydrogens is 326 g/mol. The highest BCUT2D eigenvalue weighted by atomic mass is 35.5. The van der Waals surface area contributed by atoms with E-state index in [1.165, 1.54) is 0 Å². The number of benzene rings is 1. The maximum Gasteiger partial charge on any atom is 0.223 e. The highest BCUT2D eigenvalue weighted by molar-refractivity contribution is 5.85. The van der Waals surface area contributed by atoms with Crippen LogP contribution >= 0.6 is 12.4 Å². The maximum absolute atomic E-state index is 12.4. The molecule has 3 rings (SSSR count). The van der Waals surface area contributed by atoms with Crippen molar-refractivity contribution < 1.29 is 9.21 Å². The van der Waals surface area contributed by atoms with Gasteiger partial charge in [-0.1, -0.05) is 36.8 Å². The van der Waals surface area contributed by atoms with Crippen molar-refractivity contribution in [2.45, 2.75) is 44.7 Å².